The van der Waals surface area contributed by atoms with E-state index in [2.05, 4.69) is 28.2 Å². The van der Waals surface area contributed by atoms with Gasteiger partial charge in [0, 0.05) is 13.0 Å². The zero-order chi connectivity index (χ0) is 10.5. The van der Waals surface area contributed by atoms with E-state index in [0.717, 1.165) is 23.6 Å². The minimum atomic E-state index is 0.862. The molecule has 2 nitrogen and oxygen atoms in total. The van der Waals surface area contributed by atoms with Gasteiger partial charge in [-0.25, -0.2) is 4.98 Å². The van der Waals surface area contributed by atoms with Gasteiger partial charge in [-0.05, 0) is 19.1 Å². The Balaban J connectivity index is 2.04. The lowest BCUT2D eigenvalue weighted by Crippen LogP contribution is -1.99. The molecule has 1 heterocycles. The van der Waals surface area contributed by atoms with Crippen molar-refractivity contribution in [1.29, 1.82) is 0 Å². The molecule has 76 valence electrons. The number of nitrogens with one attached hydrogen (secondary N) is 1. The highest BCUT2D eigenvalue weighted by Gasteiger charge is 2.00. The van der Waals surface area contributed by atoms with E-state index in [0.29, 0.717) is 0 Å². The second-order valence-electron chi connectivity index (χ2n) is 3.09. The number of aromatic nitrogens is 1. The maximum atomic E-state index is 4.47. The summed E-state index contributed by atoms with van der Waals surface area (Å²) in [7, 11) is 0. The normalized spacial score (nSPS) is 9.67. The van der Waals surface area contributed by atoms with E-state index in [4.69, 9.17) is 0 Å². The van der Waals surface area contributed by atoms with Crippen LogP contribution >= 0.6 is 11.3 Å². The Morgan fingerprint density at radius 1 is 1.40 bits per heavy atom. The molecule has 0 saturated heterocycles. The number of nitrogens with zero attached hydrogens (tertiary/aromatic N) is 1. The van der Waals surface area contributed by atoms with Gasteiger partial charge in [-0.2, -0.15) is 0 Å². The van der Waals surface area contributed by atoms with Gasteiger partial charge in [-0.15, -0.1) is 11.8 Å². The van der Waals surface area contributed by atoms with Crippen LogP contribution in [0.15, 0.2) is 24.3 Å². The Bertz CT molecular complexity index is 472. The molecule has 0 amide bonds. The molecular formula is C12H12N2S. The fourth-order valence-electron chi connectivity index (χ4n) is 1.30. The van der Waals surface area contributed by atoms with Crippen molar-refractivity contribution in [1.82, 2.24) is 4.98 Å². The molecule has 0 spiro atoms. The van der Waals surface area contributed by atoms with Crippen LogP contribution in [0.25, 0.3) is 10.2 Å². The van der Waals surface area contributed by atoms with Crippen molar-refractivity contribution in [2.24, 2.45) is 0 Å². The van der Waals surface area contributed by atoms with Crippen molar-refractivity contribution in [2.45, 2.75) is 13.3 Å². The molecule has 0 atom stereocenters. The predicted molar refractivity (Wildman–Crippen MR) is 66.2 cm³/mol. The molecule has 0 radical (unpaired) electrons. The first-order valence-corrected chi connectivity index (χ1v) is 5.71. The molecule has 2 rings (SSSR count). The highest BCUT2D eigenvalue weighted by atomic mass is 32.1. The van der Waals surface area contributed by atoms with Crippen molar-refractivity contribution in [3.63, 3.8) is 0 Å². The van der Waals surface area contributed by atoms with Crippen molar-refractivity contribution >= 4 is 26.7 Å². The van der Waals surface area contributed by atoms with E-state index >= 15 is 0 Å². The number of hydrogen-bond acceptors (Lipinski definition) is 3. The molecular weight excluding hydrogens is 204 g/mol. The summed E-state index contributed by atoms with van der Waals surface area (Å²) in [6.07, 6.45) is 0.867. The summed E-state index contributed by atoms with van der Waals surface area (Å²) >= 11 is 1.68. The largest absolute Gasteiger partial charge is 0.361 e. The number of benzene rings is 1. The van der Waals surface area contributed by atoms with Crippen LogP contribution in [0.5, 0.6) is 0 Å². The molecule has 3 heteroatoms. The van der Waals surface area contributed by atoms with Gasteiger partial charge in [-0.3, -0.25) is 0 Å². The van der Waals surface area contributed by atoms with Gasteiger partial charge in [-0.1, -0.05) is 23.5 Å². The monoisotopic (exact) mass is 216 g/mol. The lowest BCUT2D eigenvalue weighted by Gasteiger charge is -1.95. The minimum absolute atomic E-state index is 0.862. The molecule has 0 aliphatic heterocycles. The zero-order valence-corrected chi connectivity index (χ0v) is 9.40. The first-order valence-electron chi connectivity index (χ1n) is 4.89. The molecule has 1 aromatic heterocycles. The molecule has 0 bridgehead atoms. The second kappa shape index (κ2) is 4.81. The molecule has 0 aliphatic carbocycles. The number of rotatable bonds is 3. The molecule has 0 unspecified atom stereocenters. The van der Waals surface area contributed by atoms with Gasteiger partial charge in [0.05, 0.1) is 10.2 Å². The molecule has 0 aliphatic rings. The van der Waals surface area contributed by atoms with Crippen molar-refractivity contribution < 1.29 is 0 Å². The van der Waals surface area contributed by atoms with E-state index in [1.54, 1.807) is 11.3 Å². The smallest absolute Gasteiger partial charge is 0.183 e. The van der Waals surface area contributed by atoms with Crippen LogP contribution in [0, 0.1) is 11.8 Å². The number of fused-ring (bicyclic) bond motifs is 1. The van der Waals surface area contributed by atoms with Crippen molar-refractivity contribution in [3.8, 4) is 11.8 Å². The molecule has 15 heavy (non-hydrogen) atoms. The van der Waals surface area contributed by atoms with Crippen LogP contribution < -0.4 is 5.32 Å². The van der Waals surface area contributed by atoms with Crippen LogP contribution in [-0.4, -0.2) is 11.5 Å². The zero-order valence-electron chi connectivity index (χ0n) is 8.58. The Labute approximate surface area is 93.3 Å². The maximum Gasteiger partial charge on any atom is 0.183 e. The Kier molecular flexibility index (Phi) is 3.21. The van der Waals surface area contributed by atoms with Crippen molar-refractivity contribution in [3.05, 3.63) is 24.3 Å². The van der Waals surface area contributed by atoms with Gasteiger partial charge >= 0.3 is 0 Å². The molecule has 2 aromatic rings. The van der Waals surface area contributed by atoms with Crippen LogP contribution in [-0.2, 0) is 0 Å². The standard InChI is InChI=1S/C12H12N2S/c1-2-3-6-9-13-12-14-10-7-4-5-8-11(10)15-12/h4-5,7-8H,6,9H2,1H3,(H,13,14). The van der Waals surface area contributed by atoms with E-state index in [1.807, 2.05) is 25.1 Å². The maximum absolute atomic E-state index is 4.47. The Morgan fingerprint density at radius 3 is 3.07 bits per heavy atom. The molecule has 1 aromatic carbocycles. The Morgan fingerprint density at radius 2 is 2.27 bits per heavy atom. The first kappa shape index (κ1) is 10.0. The van der Waals surface area contributed by atoms with E-state index in [9.17, 15) is 0 Å². The van der Waals surface area contributed by atoms with E-state index in [-0.39, 0.29) is 0 Å². The van der Waals surface area contributed by atoms with Crippen LogP contribution in [0.4, 0.5) is 5.13 Å². The fraction of sp³-hybridized carbons (Fsp3) is 0.250. The highest BCUT2D eigenvalue weighted by Crippen LogP contribution is 2.24. The Hall–Kier alpha value is -1.53. The van der Waals surface area contributed by atoms with Crippen LogP contribution in [0.1, 0.15) is 13.3 Å². The second-order valence-corrected chi connectivity index (χ2v) is 4.12. The molecule has 0 fully saturated rings. The average molecular weight is 216 g/mol. The number of para-hydroxylation sites is 1. The summed E-state index contributed by atoms with van der Waals surface area (Å²) in [5.74, 6) is 5.89. The summed E-state index contributed by atoms with van der Waals surface area (Å²) in [6, 6.07) is 8.16. The van der Waals surface area contributed by atoms with Gasteiger partial charge in [0.25, 0.3) is 0 Å². The SMILES string of the molecule is CC#CCCNc1nc2ccccc2s1. The summed E-state index contributed by atoms with van der Waals surface area (Å²) < 4.78 is 1.22. The van der Waals surface area contributed by atoms with E-state index in [1.165, 1.54) is 4.70 Å². The predicted octanol–water partition coefficient (Wildman–Crippen LogP) is 3.12. The average Bonchev–Trinajstić information content (AvgIpc) is 2.67. The molecule has 0 saturated carbocycles. The van der Waals surface area contributed by atoms with Crippen molar-refractivity contribution in [2.75, 3.05) is 11.9 Å². The summed E-state index contributed by atoms with van der Waals surface area (Å²) in [5, 5.41) is 4.25. The fourth-order valence-corrected chi connectivity index (χ4v) is 2.20. The lowest BCUT2D eigenvalue weighted by molar-refractivity contribution is 1.09. The minimum Gasteiger partial charge on any atom is -0.361 e. The quantitative estimate of drug-likeness (QED) is 0.630. The number of hydrogen-bond donors (Lipinski definition) is 1. The highest BCUT2D eigenvalue weighted by molar-refractivity contribution is 7.22. The number of anilines is 1. The molecule has 1 N–H and O–H groups in total. The summed E-state index contributed by atoms with van der Waals surface area (Å²) in [5.41, 5.74) is 1.06. The van der Waals surface area contributed by atoms with Gasteiger partial charge in [0.15, 0.2) is 5.13 Å². The first-order chi connectivity index (χ1) is 7.40. The number of thiazole rings is 1. The third-order valence-corrected chi connectivity index (χ3v) is 2.99. The van der Waals surface area contributed by atoms with Crippen LogP contribution in [0.3, 0.4) is 0 Å². The van der Waals surface area contributed by atoms with Gasteiger partial charge in [0.1, 0.15) is 0 Å². The third-order valence-electron chi connectivity index (χ3n) is 2.00. The lowest BCUT2D eigenvalue weighted by atomic mass is 10.3. The third kappa shape index (κ3) is 2.48. The summed E-state index contributed by atoms with van der Waals surface area (Å²) in [6.45, 7) is 2.72. The van der Waals surface area contributed by atoms with E-state index < -0.39 is 0 Å². The van der Waals surface area contributed by atoms with Crippen LogP contribution in [0.2, 0.25) is 0 Å². The van der Waals surface area contributed by atoms with Gasteiger partial charge in [0.2, 0.25) is 0 Å². The van der Waals surface area contributed by atoms with Gasteiger partial charge < -0.3 is 5.32 Å². The topological polar surface area (TPSA) is 24.9 Å². The summed E-state index contributed by atoms with van der Waals surface area (Å²) in [4.78, 5) is 4.47.